The SMILES string of the molecule is CCC1(C)CN(C2(C)CCOC2C)CCN1. The van der Waals surface area contributed by atoms with Crippen molar-refractivity contribution in [3.63, 3.8) is 0 Å². The molecule has 3 nitrogen and oxygen atoms in total. The van der Waals surface area contributed by atoms with Gasteiger partial charge < -0.3 is 10.1 Å². The zero-order chi connectivity index (χ0) is 11.8. The lowest BCUT2D eigenvalue weighted by Crippen LogP contribution is -2.65. The molecule has 0 aliphatic carbocycles. The molecule has 0 amide bonds. The first-order valence-corrected chi connectivity index (χ1v) is 6.62. The molecule has 2 rings (SSSR count). The molecule has 2 aliphatic heterocycles. The van der Waals surface area contributed by atoms with Crippen LogP contribution in [-0.2, 0) is 4.74 Å². The second-order valence-corrected chi connectivity index (χ2v) is 5.88. The van der Waals surface area contributed by atoms with E-state index in [9.17, 15) is 0 Å². The summed E-state index contributed by atoms with van der Waals surface area (Å²) in [7, 11) is 0. The molecule has 2 fully saturated rings. The predicted octanol–water partition coefficient (Wildman–Crippen LogP) is 1.63. The Morgan fingerprint density at radius 1 is 1.44 bits per heavy atom. The largest absolute Gasteiger partial charge is 0.377 e. The summed E-state index contributed by atoms with van der Waals surface area (Å²) in [6, 6.07) is 0. The van der Waals surface area contributed by atoms with Gasteiger partial charge in [-0.3, -0.25) is 4.90 Å². The van der Waals surface area contributed by atoms with Gasteiger partial charge in [-0.1, -0.05) is 6.92 Å². The van der Waals surface area contributed by atoms with Crippen LogP contribution in [0.2, 0.25) is 0 Å². The topological polar surface area (TPSA) is 24.5 Å². The van der Waals surface area contributed by atoms with Crippen molar-refractivity contribution in [3.8, 4) is 0 Å². The van der Waals surface area contributed by atoms with Gasteiger partial charge >= 0.3 is 0 Å². The molecular formula is C13H26N2O. The van der Waals surface area contributed by atoms with Gasteiger partial charge in [0.05, 0.1) is 6.10 Å². The number of piperazine rings is 1. The maximum Gasteiger partial charge on any atom is 0.0728 e. The zero-order valence-corrected chi connectivity index (χ0v) is 11.2. The molecule has 2 heterocycles. The van der Waals surface area contributed by atoms with Crippen molar-refractivity contribution in [2.24, 2.45) is 0 Å². The Balaban J connectivity index is 2.09. The number of rotatable bonds is 2. The van der Waals surface area contributed by atoms with Crippen LogP contribution in [0.4, 0.5) is 0 Å². The van der Waals surface area contributed by atoms with Crippen LogP contribution in [0, 0.1) is 0 Å². The molecule has 2 aliphatic rings. The summed E-state index contributed by atoms with van der Waals surface area (Å²) < 4.78 is 5.76. The van der Waals surface area contributed by atoms with Gasteiger partial charge in [0.1, 0.15) is 0 Å². The van der Waals surface area contributed by atoms with Gasteiger partial charge in [-0.05, 0) is 33.6 Å². The van der Waals surface area contributed by atoms with E-state index in [1.165, 1.54) is 12.8 Å². The first kappa shape index (κ1) is 12.3. The third-order valence-electron chi connectivity index (χ3n) is 4.83. The fourth-order valence-electron chi connectivity index (χ4n) is 2.96. The molecule has 0 aromatic carbocycles. The highest BCUT2D eigenvalue weighted by Gasteiger charge is 2.45. The van der Waals surface area contributed by atoms with Crippen LogP contribution in [0.15, 0.2) is 0 Å². The summed E-state index contributed by atoms with van der Waals surface area (Å²) in [6.45, 7) is 13.5. The maximum atomic E-state index is 5.76. The number of nitrogens with one attached hydrogen (secondary N) is 1. The van der Waals surface area contributed by atoms with E-state index in [1.54, 1.807) is 0 Å². The van der Waals surface area contributed by atoms with Gasteiger partial charge in [-0.15, -0.1) is 0 Å². The highest BCUT2D eigenvalue weighted by molar-refractivity contribution is 5.01. The summed E-state index contributed by atoms with van der Waals surface area (Å²) in [5.74, 6) is 0. The minimum atomic E-state index is 0.249. The van der Waals surface area contributed by atoms with Crippen molar-refractivity contribution in [1.29, 1.82) is 0 Å². The molecule has 0 radical (unpaired) electrons. The van der Waals surface area contributed by atoms with E-state index >= 15 is 0 Å². The molecule has 0 aromatic heterocycles. The van der Waals surface area contributed by atoms with Crippen molar-refractivity contribution >= 4 is 0 Å². The summed E-state index contributed by atoms with van der Waals surface area (Å²) >= 11 is 0. The number of hydrogen-bond donors (Lipinski definition) is 1. The minimum Gasteiger partial charge on any atom is -0.377 e. The first-order chi connectivity index (χ1) is 7.50. The molecule has 3 atom stereocenters. The molecule has 0 spiro atoms. The van der Waals surface area contributed by atoms with E-state index in [1.807, 2.05) is 0 Å². The Kier molecular flexibility index (Phi) is 3.30. The Bertz CT molecular complexity index is 258. The summed E-state index contributed by atoms with van der Waals surface area (Å²) in [5, 5.41) is 3.65. The molecule has 3 unspecified atom stereocenters. The summed E-state index contributed by atoms with van der Waals surface area (Å²) in [5.41, 5.74) is 0.530. The van der Waals surface area contributed by atoms with Gasteiger partial charge in [0.25, 0.3) is 0 Å². The van der Waals surface area contributed by atoms with E-state index in [0.29, 0.717) is 6.10 Å². The molecule has 16 heavy (non-hydrogen) atoms. The Morgan fingerprint density at radius 2 is 2.19 bits per heavy atom. The van der Waals surface area contributed by atoms with E-state index in [-0.39, 0.29) is 11.1 Å². The molecule has 94 valence electrons. The third-order valence-corrected chi connectivity index (χ3v) is 4.83. The minimum absolute atomic E-state index is 0.249. The lowest BCUT2D eigenvalue weighted by Gasteiger charge is -2.49. The van der Waals surface area contributed by atoms with E-state index in [0.717, 1.165) is 26.2 Å². The fourth-order valence-corrected chi connectivity index (χ4v) is 2.96. The Labute approximate surface area is 99.5 Å². The van der Waals surface area contributed by atoms with Crippen molar-refractivity contribution < 1.29 is 4.74 Å². The number of hydrogen-bond acceptors (Lipinski definition) is 3. The van der Waals surface area contributed by atoms with Gasteiger partial charge in [0, 0.05) is 37.3 Å². The quantitative estimate of drug-likeness (QED) is 0.774. The van der Waals surface area contributed by atoms with Crippen LogP contribution < -0.4 is 5.32 Å². The monoisotopic (exact) mass is 226 g/mol. The van der Waals surface area contributed by atoms with Crippen molar-refractivity contribution in [2.45, 2.75) is 57.7 Å². The highest BCUT2D eigenvalue weighted by atomic mass is 16.5. The van der Waals surface area contributed by atoms with Crippen LogP contribution in [0.3, 0.4) is 0 Å². The number of nitrogens with zero attached hydrogens (tertiary/aromatic N) is 1. The second kappa shape index (κ2) is 4.28. The summed E-state index contributed by atoms with van der Waals surface area (Å²) in [6.07, 6.45) is 2.73. The first-order valence-electron chi connectivity index (χ1n) is 6.62. The smallest absolute Gasteiger partial charge is 0.0728 e. The Hall–Kier alpha value is -0.120. The lowest BCUT2D eigenvalue weighted by molar-refractivity contribution is -0.00937. The van der Waals surface area contributed by atoms with Crippen LogP contribution in [0.1, 0.15) is 40.5 Å². The van der Waals surface area contributed by atoms with Crippen molar-refractivity contribution in [2.75, 3.05) is 26.2 Å². The highest BCUT2D eigenvalue weighted by Crippen LogP contribution is 2.34. The maximum absolute atomic E-state index is 5.76. The Morgan fingerprint density at radius 3 is 2.75 bits per heavy atom. The van der Waals surface area contributed by atoms with Crippen LogP contribution in [0.5, 0.6) is 0 Å². The fraction of sp³-hybridized carbons (Fsp3) is 1.00. The van der Waals surface area contributed by atoms with Gasteiger partial charge in [-0.2, -0.15) is 0 Å². The van der Waals surface area contributed by atoms with Gasteiger partial charge in [-0.25, -0.2) is 0 Å². The predicted molar refractivity (Wildman–Crippen MR) is 66.7 cm³/mol. The van der Waals surface area contributed by atoms with E-state index in [2.05, 4.69) is 37.9 Å². The van der Waals surface area contributed by atoms with Gasteiger partial charge in [0.2, 0.25) is 0 Å². The molecule has 0 bridgehead atoms. The average molecular weight is 226 g/mol. The molecule has 3 heteroatoms. The van der Waals surface area contributed by atoms with E-state index < -0.39 is 0 Å². The molecule has 1 N–H and O–H groups in total. The lowest BCUT2D eigenvalue weighted by atomic mass is 9.87. The van der Waals surface area contributed by atoms with Crippen LogP contribution in [-0.4, -0.2) is 48.3 Å². The molecule has 2 saturated heterocycles. The molecule has 0 saturated carbocycles. The molecule has 0 aromatic rings. The van der Waals surface area contributed by atoms with Crippen LogP contribution >= 0.6 is 0 Å². The van der Waals surface area contributed by atoms with E-state index in [4.69, 9.17) is 4.74 Å². The third kappa shape index (κ3) is 2.01. The standard InChI is InChI=1S/C13H26N2O/c1-5-12(3)10-15(8-7-14-12)13(4)6-9-16-11(13)2/h11,14H,5-10H2,1-4H3. The number of ether oxygens (including phenoxy) is 1. The molecular weight excluding hydrogens is 200 g/mol. The van der Waals surface area contributed by atoms with Gasteiger partial charge in [0.15, 0.2) is 0 Å². The summed E-state index contributed by atoms with van der Waals surface area (Å²) in [4.78, 5) is 2.64. The zero-order valence-electron chi connectivity index (χ0n) is 11.2. The average Bonchev–Trinajstić information content (AvgIpc) is 2.61. The normalized spacial score (nSPS) is 46.1. The van der Waals surface area contributed by atoms with Crippen LogP contribution in [0.25, 0.3) is 0 Å². The van der Waals surface area contributed by atoms with Crippen molar-refractivity contribution in [1.82, 2.24) is 10.2 Å². The second-order valence-electron chi connectivity index (χ2n) is 5.88. The van der Waals surface area contributed by atoms with Crippen molar-refractivity contribution in [3.05, 3.63) is 0 Å².